The van der Waals surface area contributed by atoms with Gasteiger partial charge in [-0.2, -0.15) is 4.39 Å². The molecule has 0 aliphatic carbocycles. The fourth-order valence-electron chi connectivity index (χ4n) is 0.961. The second kappa shape index (κ2) is 3.30. The van der Waals surface area contributed by atoms with Crippen molar-refractivity contribution in [2.45, 2.75) is 0 Å². The van der Waals surface area contributed by atoms with Crippen LogP contribution in [0.4, 0.5) is 13.9 Å². The minimum Gasteiger partial charge on any atom is -0.375 e. The van der Waals surface area contributed by atoms with Gasteiger partial charge in [-0.1, -0.05) is 11.3 Å². The average molecular weight is 213 g/mol. The number of nitrogens with two attached hydrogens (primary N) is 1. The number of pyridine rings is 1. The molecule has 72 valence electrons. The zero-order valence-corrected chi connectivity index (χ0v) is 7.68. The highest BCUT2D eigenvalue weighted by atomic mass is 32.1. The van der Waals surface area contributed by atoms with Crippen LogP contribution in [-0.2, 0) is 0 Å². The molecule has 2 aromatic rings. The van der Waals surface area contributed by atoms with E-state index in [2.05, 4.69) is 9.97 Å². The van der Waals surface area contributed by atoms with Crippen LogP contribution >= 0.6 is 11.3 Å². The Morgan fingerprint density at radius 3 is 2.64 bits per heavy atom. The molecule has 0 aliphatic heterocycles. The monoisotopic (exact) mass is 213 g/mol. The van der Waals surface area contributed by atoms with Gasteiger partial charge in [0, 0.05) is 6.20 Å². The van der Waals surface area contributed by atoms with E-state index in [4.69, 9.17) is 5.73 Å². The summed E-state index contributed by atoms with van der Waals surface area (Å²) >= 11 is 1.17. The summed E-state index contributed by atoms with van der Waals surface area (Å²) in [5.74, 6) is -2.08. The van der Waals surface area contributed by atoms with Crippen LogP contribution in [0.3, 0.4) is 0 Å². The lowest BCUT2D eigenvalue weighted by molar-refractivity contribution is 0.480. The second-order valence-corrected chi connectivity index (χ2v) is 3.59. The van der Waals surface area contributed by atoms with Crippen LogP contribution in [0, 0.1) is 11.8 Å². The molecule has 2 N–H and O–H groups in total. The number of nitrogens with zero attached hydrogens (tertiary/aromatic N) is 2. The number of aromatic nitrogens is 2. The van der Waals surface area contributed by atoms with Crippen molar-refractivity contribution in [2.75, 3.05) is 5.73 Å². The molecule has 0 saturated heterocycles. The van der Waals surface area contributed by atoms with E-state index in [0.29, 0.717) is 15.7 Å². The van der Waals surface area contributed by atoms with Gasteiger partial charge in [0.05, 0.1) is 10.6 Å². The third-order valence-corrected chi connectivity index (χ3v) is 2.43. The highest BCUT2D eigenvalue weighted by Crippen LogP contribution is 2.25. The SMILES string of the molecule is Nc1ncc(-c2ccc(F)c(F)n2)s1. The van der Waals surface area contributed by atoms with Crippen LogP contribution in [0.15, 0.2) is 18.3 Å². The fourth-order valence-corrected chi connectivity index (χ4v) is 1.61. The van der Waals surface area contributed by atoms with Gasteiger partial charge < -0.3 is 5.73 Å². The molecule has 2 rings (SSSR count). The maximum absolute atomic E-state index is 12.7. The van der Waals surface area contributed by atoms with Crippen molar-refractivity contribution >= 4 is 16.5 Å². The molecule has 0 saturated carbocycles. The van der Waals surface area contributed by atoms with Crippen LogP contribution < -0.4 is 5.73 Å². The van der Waals surface area contributed by atoms with E-state index in [0.717, 1.165) is 6.07 Å². The number of hydrogen-bond donors (Lipinski definition) is 1. The van der Waals surface area contributed by atoms with E-state index in [1.807, 2.05) is 0 Å². The molecule has 3 nitrogen and oxygen atoms in total. The molecule has 0 fully saturated rings. The van der Waals surface area contributed by atoms with Gasteiger partial charge in [0.2, 0.25) is 5.95 Å². The third kappa shape index (κ3) is 1.56. The summed E-state index contributed by atoms with van der Waals surface area (Å²) in [7, 11) is 0. The Morgan fingerprint density at radius 2 is 2.07 bits per heavy atom. The zero-order valence-electron chi connectivity index (χ0n) is 6.87. The molecule has 0 spiro atoms. The van der Waals surface area contributed by atoms with E-state index in [9.17, 15) is 8.78 Å². The molecule has 0 bridgehead atoms. The number of thiazole rings is 1. The topological polar surface area (TPSA) is 51.8 Å². The Balaban J connectivity index is 2.47. The highest BCUT2D eigenvalue weighted by Gasteiger charge is 2.08. The molecule has 14 heavy (non-hydrogen) atoms. The summed E-state index contributed by atoms with van der Waals surface area (Å²) < 4.78 is 25.3. The van der Waals surface area contributed by atoms with Gasteiger partial charge in [0.1, 0.15) is 0 Å². The van der Waals surface area contributed by atoms with E-state index in [-0.39, 0.29) is 0 Å². The normalized spacial score (nSPS) is 10.4. The highest BCUT2D eigenvalue weighted by molar-refractivity contribution is 7.18. The lowest BCUT2D eigenvalue weighted by Crippen LogP contribution is -1.90. The third-order valence-electron chi connectivity index (χ3n) is 1.58. The Kier molecular flexibility index (Phi) is 2.12. The molecular weight excluding hydrogens is 208 g/mol. The van der Waals surface area contributed by atoms with Crippen molar-refractivity contribution in [1.29, 1.82) is 0 Å². The van der Waals surface area contributed by atoms with Crippen LogP contribution in [-0.4, -0.2) is 9.97 Å². The molecule has 0 radical (unpaired) electrons. The van der Waals surface area contributed by atoms with Gasteiger partial charge in [-0.25, -0.2) is 14.4 Å². The van der Waals surface area contributed by atoms with Crippen molar-refractivity contribution < 1.29 is 8.78 Å². The number of rotatable bonds is 1. The Labute approximate surface area is 82.2 Å². The predicted octanol–water partition coefficient (Wildman–Crippen LogP) is 2.07. The number of nitrogen functional groups attached to an aromatic ring is 1. The van der Waals surface area contributed by atoms with Crippen molar-refractivity contribution in [2.24, 2.45) is 0 Å². The minimum atomic E-state index is -1.12. The zero-order chi connectivity index (χ0) is 10.1. The second-order valence-electron chi connectivity index (χ2n) is 2.53. The molecule has 0 atom stereocenters. The Bertz CT molecular complexity index is 469. The van der Waals surface area contributed by atoms with Gasteiger partial charge in [0.25, 0.3) is 0 Å². The van der Waals surface area contributed by atoms with Crippen LogP contribution in [0.25, 0.3) is 10.6 Å². The number of hydrogen-bond acceptors (Lipinski definition) is 4. The van der Waals surface area contributed by atoms with E-state index < -0.39 is 11.8 Å². The number of anilines is 1. The minimum absolute atomic E-state index is 0.332. The molecule has 0 aliphatic rings. The molecule has 2 aromatic heterocycles. The van der Waals surface area contributed by atoms with Crippen molar-refractivity contribution in [3.8, 4) is 10.6 Å². The molecule has 2 heterocycles. The van der Waals surface area contributed by atoms with Gasteiger partial charge in [-0.15, -0.1) is 0 Å². The molecule has 0 unspecified atom stereocenters. The molecule has 0 aromatic carbocycles. The number of halogens is 2. The smallest absolute Gasteiger partial charge is 0.249 e. The maximum atomic E-state index is 12.7. The van der Waals surface area contributed by atoms with Crippen LogP contribution in [0.1, 0.15) is 0 Å². The lowest BCUT2D eigenvalue weighted by Gasteiger charge is -1.95. The van der Waals surface area contributed by atoms with Crippen LogP contribution in [0.2, 0.25) is 0 Å². The summed E-state index contributed by atoms with van der Waals surface area (Å²) in [5, 5.41) is 0.367. The molecular formula is C8H5F2N3S. The Morgan fingerprint density at radius 1 is 1.29 bits per heavy atom. The van der Waals surface area contributed by atoms with Crippen molar-refractivity contribution in [1.82, 2.24) is 9.97 Å². The van der Waals surface area contributed by atoms with E-state index >= 15 is 0 Å². The van der Waals surface area contributed by atoms with E-state index in [1.54, 1.807) is 0 Å². The lowest BCUT2D eigenvalue weighted by atomic mass is 10.3. The Hall–Kier alpha value is -1.56. The van der Waals surface area contributed by atoms with Crippen molar-refractivity contribution in [3.05, 3.63) is 30.1 Å². The average Bonchev–Trinajstić information content (AvgIpc) is 2.57. The summed E-state index contributed by atoms with van der Waals surface area (Å²) in [6.07, 6.45) is 1.47. The van der Waals surface area contributed by atoms with Gasteiger partial charge >= 0.3 is 0 Å². The van der Waals surface area contributed by atoms with Gasteiger partial charge in [-0.3, -0.25) is 0 Å². The van der Waals surface area contributed by atoms with Crippen LogP contribution in [0.5, 0.6) is 0 Å². The van der Waals surface area contributed by atoms with Crippen molar-refractivity contribution in [3.63, 3.8) is 0 Å². The largest absolute Gasteiger partial charge is 0.375 e. The molecule has 6 heteroatoms. The standard InChI is InChI=1S/C8H5F2N3S/c9-4-1-2-5(13-7(4)10)6-3-12-8(11)14-6/h1-3H,(H2,11,12). The first-order chi connectivity index (χ1) is 6.66. The summed E-state index contributed by atoms with van der Waals surface area (Å²) in [6, 6.07) is 2.40. The van der Waals surface area contributed by atoms with E-state index in [1.165, 1.54) is 23.6 Å². The fraction of sp³-hybridized carbons (Fsp3) is 0. The first kappa shape index (κ1) is 9.01. The molecule has 0 amide bonds. The van der Waals surface area contributed by atoms with Gasteiger partial charge in [-0.05, 0) is 12.1 Å². The predicted molar refractivity (Wildman–Crippen MR) is 49.7 cm³/mol. The summed E-state index contributed by atoms with van der Waals surface area (Å²) in [6.45, 7) is 0. The first-order valence-electron chi connectivity index (χ1n) is 3.70. The summed E-state index contributed by atoms with van der Waals surface area (Å²) in [4.78, 5) is 7.83. The summed E-state index contributed by atoms with van der Waals surface area (Å²) in [5.41, 5.74) is 5.73. The maximum Gasteiger partial charge on any atom is 0.249 e. The first-order valence-corrected chi connectivity index (χ1v) is 4.52. The van der Waals surface area contributed by atoms with Gasteiger partial charge in [0.15, 0.2) is 10.9 Å². The quantitative estimate of drug-likeness (QED) is 0.738.